The molecule has 0 saturated carbocycles. The summed E-state index contributed by atoms with van der Waals surface area (Å²) in [5, 5.41) is 9.71. The fourth-order valence-electron chi connectivity index (χ4n) is 1.20. The highest BCUT2D eigenvalue weighted by molar-refractivity contribution is 9.10. The molecule has 4 heteroatoms. The molecule has 0 fully saturated rings. The molecule has 2 atom stereocenters. The van der Waals surface area contributed by atoms with Crippen molar-refractivity contribution in [1.29, 1.82) is 0 Å². The van der Waals surface area contributed by atoms with E-state index in [0.717, 1.165) is 4.47 Å². The number of aliphatic hydroxyl groups excluding tert-OH is 1. The Morgan fingerprint density at radius 3 is 2.79 bits per heavy atom. The monoisotopic (exact) mass is 261 g/mol. The summed E-state index contributed by atoms with van der Waals surface area (Å²) in [4.78, 5) is 0. The van der Waals surface area contributed by atoms with E-state index in [-0.39, 0.29) is 5.56 Å². The Kier molecular flexibility index (Phi) is 4.04. The highest BCUT2D eigenvalue weighted by Gasteiger charge is 2.18. The Bertz CT molecular complexity index is 319. The van der Waals surface area contributed by atoms with Crippen molar-refractivity contribution >= 4 is 15.9 Å². The number of halogens is 2. The number of nitrogens with two attached hydrogens (primary N) is 1. The molecule has 0 saturated heterocycles. The van der Waals surface area contributed by atoms with Gasteiger partial charge in [-0.15, -0.1) is 0 Å². The van der Waals surface area contributed by atoms with Gasteiger partial charge in [-0.3, -0.25) is 0 Å². The summed E-state index contributed by atoms with van der Waals surface area (Å²) >= 11 is 3.22. The van der Waals surface area contributed by atoms with Gasteiger partial charge in [0.25, 0.3) is 0 Å². The molecule has 0 aromatic heterocycles. The fourth-order valence-corrected chi connectivity index (χ4v) is 1.57. The van der Waals surface area contributed by atoms with Crippen molar-refractivity contribution in [2.24, 2.45) is 5.73 Å². The van der Waals surface area contributed by atoms with Crippen LogP contribution >= 0.6 is 15.9 Å². The molecule has 0 spiro atoms. The summed E-state index contributed by atoms with van der Waals surface area (Å²) in [7, 11) is 0. The summed E-state index contributed by atoms with van der Waals surface area (Å²) in [5.41, 5.74) is 5.88. The molecule has 0 amide bonds. The van der Waals surface area contributed by atoms with Crippen molar-refractivity contribution in [3.8, 4) is 0 Å². The van der Waals surface area contributed by atoms with E-state index < -0.39 is 18.0 Å². The third-order valence-corrected chi connectivity index (χ3v) is 2.65. The maximum Gasteiger partial charge on any atom is 0.129 e. The van der Waals surface area contributed by atoms with Gasteiger partial charge in [0.05, 0.1) is 6.10 Å². The molecule has 0 aliphatic rings. The quantitative estimate of drug-likeness (QED) is 0.878. The second-order valence-electron chi connectivity index (χ2n) is 3.18. The third kappa shape index (κ3) is 2.53. The highest BCUT2D eigenvalue weighted by atomic mass is 79.9. The largest absolute Gasteiger partial charge is 0.387 e. The molecule has 0 radical (unpaired) electrons. The van der Waals surface area contributed by atoms with E-state index >= 15 is 0 Å². The van der Waals surface area contributed by atoms with Crippen LogP contribution in [0, 0.1) is 5.82 Å². The average molecular weight is 262 g/mol. The fraction of sp³-hybridized carbons (Fsp3) is 0.400. The van der Waals surface area contributed by atoms with Gasteiger partial charge in [-0.2, -0.15) is 0 Å². The highest BCUT2D eigenvalue weighted by Crippen LogP contribution is 2.24. The zero-order chi connectivity index (χ0) is 10.7. The first-order valence-electron chi connectivity index (χ1n) is 4.44. The Balaban J connectivity index is 2.99. The van der Waals surface area contributed by atoms with Crippen LogP contribution in [-0.2, 0) is 0 Å². The van der Waals surface area contributed by atoms with Crippen molar-refractivity contribution in [1.82, 2.24) is 0 Å². The van der Waals surface area contributed by atoms with Crippen LogP contribution in [0.3, 0.4) is 0 Å². The molecule has 78 valence electrons. The summed E-state index contributed by atoms with van der Waals surface area (Å²) in [6.45, 7) is 1.85. The van der Waals surface area contributed by atoms with E-state index in [0.29, 0.717) is 6.42 Å². The topological polar surface area (TPSA) is 46.2 Å². The third-order valence-electron chi connectivity index (χ3n) is 2.15. The Labute approximate surface area is 91.1 Å². The van der Waals surface area contributed by atoms with Crippen LogP contribution in [0.15, 0.2) is 22.7 Å². The standard InChI is InChI=1S/C10H13BrFNO/c1-2-9(13)10(14)7-5-6(11)3-4-8(7)12/h3-5,9-10,14H,2,13H2,1H3. The minimum atomic E-state index is -0.947. The smallest absolute Gasteiger partial charge is 0.129 e. The summed E-state index contributed by atoms with van der Waals surface area (Å²) < 4.78 is 14.0. The van der Waals surface area contributed by atoms with Gasteiger partial charge in [-0.1, -0.05) is 22.9 Å². The number of aliphatic hydroxyl groups is 1. The predicted molar refractivity (Wildman–Crippen MR) is 57.3 cm³/mol. The van der Waals surface area contributed by atoms with E-state index in [4.69, 9.17) is 5.73 Å². The first-order valence-corrected chi connectivity index (χ1v) is 5.24. The summed E-state index contributed by atoms with van der Waals surface area (Å²) in [6.07, 6.45) is -0.342. The van der Waals surface area contributed by atoms with Crippen LogP contribution in [0.4, 0.5) is 4.39 Å². The second kappa shape index (κ2) is 4.87. The summed E-state index contributed by atoms with van der Waals surface area (Å²) in [5.74, 6) is -0.426. The molecule has 3 N–H and O–H groups in total. The van der Waals surface area contributed by atoms with Gasteiger partial charge in [-0.05, 0) is 24.6 Å². The number of hydrogen-bond donors (Lipinski definition) is 2. The lowest BCUT2D eigenvalue weighted by Gasteiger charge is -2.18. The Morgan fingerprint density at radius 2 is 2.21 bits per heavy atom. The van der Waals surface area contributed by atoms with E-state index in [1.807, 2.05) is 6.92 Å². The molecule has 0 bridgehead atoms. The van der Waals surface area contributed by atoms with E-state index in [9.17, 15) is 9.50 Å². The minimum absolute atomic E-state index is 0.244. The average Bonchev–Trinajstić information content (AvgIpc) is 2.19. The number of benzene rings is 1. The van der Waals surface area contributed by atoms with Crippen molar-refractivity contribution in [2.75, 3.05) is 0 Å². The van der Waals surface area contributed by atoms with Crippen molar-refractivity contribution in [3.63, 3.8) is 0 Å². The van der Waals surface area contributed by atoms with Gasteiger partial charge in [0.15, 0.2) is 0 Å². The Hall–Kier alpha value is -0.450. The number of hydrogen-bond acceptors (Lipinski definition) is 2. The zero-order valence-electron chi connectivity index (χ0n) is 7.87. The molecular weight excluding hydrogens is 249 g/mol. The van der Waals surface area contributed by atoms with Crippen molar-refractivity contribution in [3.05, 3.63) is 34.1 Å². The lowest BCUT2D eigenvalue weighted by atomic mass is 10.0. The van der Waals surface area contributed by atoms with E-state index in [2.05, 4.69) is 15.9 Å². The molecule has 0 aliphatic heterocycles. The lowest BCUT2D eigenvalue weighted by molar-refractivity contribution is 0.140. The van der Waals surface area contributed by atoms with Crippen molar-refractivity contribution < 1.29 is 9.50 Å². The Morgan fingerprint density at radius 1 is 1.57 bits per heavy atom. The van der Waals surface area contributed by atoms with Gasteiger partial charge in [0, 0.05) is 16.1 Å². The molecule has 2 nitrogen and oxygen atoms in total. The van der Waals surface area contributed by atoms with Gasteiger partial charge >= 0.3 is 0 Å². The SMILES string of the molecule is CCC(N)C(O)c1cc(Br)ccc1F. The molecule has 1 aromatic carbocycles. The normalized spacial score (nSPS) is 15.2. The molecular formula is C10H13BrFNO. The van der Waals surface area contributed by atoms with Gasteiger partial charge < -0.3 is 10.8 Å². The first-order chi connectivity index (χ1) is 6.56. The molecule has 0 aliphatic carbocycles. The molecule has 14 heavy (non-hydrogen) atoms. The second-order valence-corrected chi connectivity index (χ2v) is 4.10. The van der Waals surface area contributed by atoms with Crippen LogP contribution < -0.4 is 5.73 Å². The van der Waals surface area contributed by atoms with Crippen molar-refractivity contribution in [2.45, 2.75) is 25.5 Å². The van der Waals surface area contributed by atoms with Crippen LogP contribution in [0.1, 0.15) is 25.0 Å². The van der Waals surface area contributed by atoms with Crippen LogP contribution in [-0.4, -0.2) is 11.1 Å². The van der Waals surface area contributed by atoms with E-state index in [1.54, 1.807) is 12.1 Å². The maximum absolute atomic E-state index is 13.3. The predicted octanol–water partition coefficient (Wildman–Crippen LogP) is 2.36. The van der Waals surface area contributed by atoms with Crippen LogP contribution in [0.5, 0.6) is 0 Å². The molecule has 1 aromatic rings. The zero-order valence-corrected chi connectivity index (χ0v) is 9.46. The lowest BCUT2D eigenvalue weighted by Crippen LogP contribution is -2.27. The summed E-state index contributed by atoms with van der Waals surface area (Å²) in [6, 6.07) is 4.02. The first kappa shape index (κ1) is 11.6. The van der Waals surface area contributed by atoms with Gasteiger partial charge in [-0.25, -0.2) is 4.39 Å². The molecule has 0 heterocycles. The van der Waals surface area contributed by atoms with Gasteiger partial charge in [0.1, 0.15) is 5.82 Å². The maximum atomic E-state index is 13.3. The molecule has 2 unspecified atom stereocenters. The van der Waals surface area contributed by atoms with Crippen LogP contribution in [0.2, 0.25) is 0 Å². The number of rotatable bonds is 3. The van der Waals surface area contributed by atoms with Gasteiger partial charge in [0.2, 0.25) is 0 Å². The van der Waals surface area contributed by atoms with Crippen LogP contribution in [0.25, 0.3) is 0 Å². The minimum Gasteiger partial charge on any atom is -0.387 e. The molecule has 1 rings (SSSR count). The van der Waals surface area contributed by atoms with E-state index in [1.165, 1.54) is 6.07 Å².